The lowest BCUT2D eigenvalue weighted by Gasteiger charge is -2.24. The first kappa shape index (κ1) is 7.78. The highest BCUT2D eigenvalue weighted by atomic mass is 79.9. The van der Waals surface area contributed by atoms with E-state index < -0.39 is 0 Å². The third kappa shape index (κ3) is 1.07. The highest BCUT2D eigenvalue weighted by molar-refractivity contribution is 9.09. The molecule has 2 rings (SSSR count). The molecule has 0 amide bonds. The van der Waals surface area contributed by atoms with Crippen molar-refractivity contribution >= 4 is 21.7 Å². The van der Waals surface area contributed by atoms with E-state index >= 15 is 0 Å². The molecule has 0 saturated heterocycles. The van der Waals surface area contributed by atoms with Crippen LogP contribution in [0.2, 0.25) is 0 Å². The molecule has 0 N–H and O–H groups in total. The molecule has 11 heavy (non-hydrogen) atoms. The van der Waals surface area contributed by atoms with Crippen LogP contribution in [0.3, 0.4) is 0 Å². The molecule has 2 aliphatic carbocycles. The molecule has 2 bridgehead atoms. The number of halogens is 1. The Morgan fingerprint density at radius 3 is 2.36 bits per heavy atom. The van der Waals surface area contributed by atoms with E-state index in [1.54, 1.807) is 6.92 Å². The van der Waals surface area contributed by atoms with Gasteiger partial charge < -0.3 is 0 Å². The summed E-state index contributed by atoms with van der Waals surface area (Å²) in [5.41, 5.74) is 0. The first-order valence-electron chi connectivity index (χ1n) is 4.34. The average Bonchev–Trinajstić information content (AvgIpc) is 2.44. The van der Waals surface area contributed by atoms with Gasteiger partial charge in [-0.15, -0.1) is 0 Å². The Bertz CT molecular complexity index is 188. The molecule has 1 nitrogen and oxygen atoms in total. The predicted molar refractivity (Wildman–Crippen MR) is 47.7 cm³/mol. The number of ketones is 1. The molecule has 2 fully saturated rings. The van der Waals surface area contributed by atoms with Gasteiger partial charge in [0.2, 0.25) is 0 Å². The van der Waals surface area contributed by atoms with Crippen molar-refractivity contribution in [2.75, 3.05) is 0 Å². The molecular formula is C9H13BrO. The lowest BCUT2D eigenvalue weighted by atomic mass is 9.86. The highest BCUT2D eigenvalue weighted by Gasteiger charge is 2.48. The fraction of sp³-hybridized carbons (Fsp3) is 0.889. The summed E-state index contributed by atoms with van der Waals surface area (Å²) in [5.74, 6) is 2.24. The Kier molecular flexibility index (Phi) is 1.82. The molecule has 0 aromatic heterocycles. The van der Waals surface area contributed by atoms with Gasteiger partial charge in [0.25, 0.3) is 0 Å². The number of carbonyl (C=O) groups is 1. The zero-order valence-electron chi connectivity index (χ0n) is 6.72. The van der Waals surface area contributed by atoms with E-state index in [2.05, 4.69) is 15.9 Å². The lowest BCUT2D eigenvalue weighted by Crippen LogP contribution is -2.27. The number of Topliss-reactive ketones (excluding diaryl/α,β-unsaturated/α-hetero) is 1. The molecule has 2 heteroatoms. The number of alkyl halides is 1. The van der Waals surface area contributed by atoms with Crippen LogP contribution in [0.5, 0.6) is 0 Å². The smallest absolute Gasteiger partial charge is 0.134 e. The molecule has 0 spiro atoms. The zero-order valence-corrected chi connectivity index (χ0v) is 8.30. The third-order valence-electron chi connectivity index (χ3n) is 3.28. The van der Waals surface area contributed by atoms with Crippen LogP contribution in [0.15, 0.2) is 0 Å². The Labute approximate surface area is 75.7 Å². The normalized spacial score (nSPS) is 48.2. The summed E-state index contributed by atoms with van der Waals surface area (Å²) in [6.45, 7) is 1.74. The SMILES string of the molecule is CC(=O)C1C2CCC(C2)C1Br. The minimum Gasteiger partial charge on any atom is -0.300 e. The Hall–Kier alpha value is 0.150. The summed E-state index contributed by atoms with van der Waals surface area (Å²) >= 11 is 3.64. The maximum atomic E-state index is 11.2. The number of rotatable bonds is 1. The monoisotopic (exact) mass is 216 g/mol. The highest BCUT2D eigenvalue weighted by Crippen LogP contribution is 2.51. The van der Waals surface area contributed by atoms with Gasteiger partial charge in [-0.25, -0.2) is 0 Å². The second-order valence-electron chi connectivity index (χ2n) is 3.91. The van der Waals surface area contributed by atoms with Gasteiger partial charge >= 0.3 is 0 Å². The summed E-state index contributed by atoms with van der Waals surface area (Å²) in [4.78, 5) is 11.7. The van der Waals surface area contributed by atoms with Crippen molar-refractivity contribution in [3.05, 3.63) is 0 Å². The lowest BCUT2D eigenvalue weighted by molar-refractivity contribution is -0.121. The Balaban J connectivity index is 2.17. The van der Waals surface area contributed by atoms with Crippen molar-refractivity contribution in [3.8, 4) is 0 Å². The quantitative estimate of drug-likeness (QED) is 0.616. The van der Waals surface area contributed by atoms with Gasteiger partial charge in [-0.05, 0) is 38.0 Å². The minimum atomic E-state index is 0.341. The first-order valence-corrected chi connectivity index (χ1v) is 5.26. The number of hydrogen-bond donors (Lipinski definition) is 0. The van der Waals surface area contributed by atoms with Crippen LogP contribution < -0.4 is 0 Å². The summed E-state index contributed by atoms with van der Waals surface area (Å²) in [7, 11) is 0. The Morgan fingerprint density at radius 1 is 1.36 bits per heavy atom. The molecule has 2 aliphatic rings. The molecule has 0 aromatic carbocycles. The maximum Gasteiger partial charge on any atom is 0.134 e. The van der Waals surface area contributed by atoms with Crippen LogP contribution in [-0.4, -0.2) is 10.6 Å². The number of fused-ring (bicyclic) bond motifs is 2. The number of carbonyl (C=O) groups excluding carboxylic acids is 1. The molecule has 0 aromatic rings. The van der Waals surface area contributed by atoms with Crippen LogP contribution in [0.1, 0.15) is 26.2 Å². The van der Waals surface area contributed by atoms with Crippen LogP contribution in [-0.2, 0) is 4.79 Å². The van der Waals surface area contributed by atoms with Gasteiger partial charge in [0.05, 0.1) is 0 Å². The summed E-state index contributed by atoms with van der Waals surface area (Å²) in [5, 5.41) is 0. The van der Waals surface area contributed by atoms with Gasteiger partial charge in [-0.2, -0.15) is 0 Å². The van der Waals surface area contributed by atoms with Crippen molar-refractivity contribution < 1.29 is 4.79 Å². The Morgan fingerprint density at radius 2 is 2.00 bits per heavy atom. The third-order valence-corrected chi connectivity index (χ3v) is 4.60. The number of hydrogen-bond acceptors (Lipinski definition) is 1. The van der Waals surface area contributed by atoms with Crippen molar-refractivity contribution in [1.82, 2.24) is 0 Å². The van der Waals surface area contributed by atoms with Gasteiger partial charge in [0, 0.05) is 10.7 Å². The van der Waals surface area contributed by atoms with E-state index in [9.17, 15) is 4.79 Å². The zero-order chi connectivity index (χ0) is 8.01. The van der Waals surface area contributed by atoms with E-state index in [0.29, 0.717) is 22.4 Å². The fourth-order valence-electron chi connectivity index (χ4n) is 2.78. The van der Waals surface area contributed by atoms with Gasteiger partial charge in [0.1, 0.15) is 5.78 Å². The largest absolute Gasteiger partial charge is 0.300 e. The average molecular weight is 217 g/mol. The van der Waals surface area contributed by atoms with E-state index in [0.717, 1.165) is 5.92 Å². The first-order chi connectivity index (χ1) is 5.20. The second kappa shape index (κ2) is 2.58. The van der Waals surface area contributed by atoms with Crippen molar-refractivity contribution in [2.45, 2.75) is 31.0 Å². The van der Waals surface area contributed by atoms with Crippen LogP contribution >= 0.6 is 15.9 Å². The summed E-state index contributed by atoms with van der Waals surface area (Å²) < 4.78 is 0. The van der Waals surface area contributed by atoms with Crippen molar-refractivity contribution in [3.63, 3.8) is 0 Å². The van der Waals surface area contributed by atoms with Crippen molar-refractivity contribution in [1.29, 1.82) is 0 Å². The topological polar surface area (TPSA) is 17.1 Å². The van der Waals surface area contributed by atoms with E-state index in [4.69, 9.17) is 0 Å². The molecule has 0 aliphatic heterocycles. The van der Waals surface area contributed by atoms with E-state index in [-0.39, 0.29) is 0 Å². The predicted octanol–water partition coefficient (Wildman–Crippen LogP) is 2.39. The van der Waals surface area contributed by atoms with Gasteiger partial charge in [0.15, 0.2) is 0 Å². The molecule has 62 valence electrons. The van der Waals surface area contributed by atoms with Crippen LogP contribution in [0, 0.1) is 17.8 Å². The van der Waals surface area contributed by atoms with Crippen LogP contribution in [0.4, 0.5) is 0 Å². The molecule has 4 atom stereocenters. The van der Waals surface area contributed by atoms with Crippen molar-refractivity contribution in [2.24, 2.45) is 17.8 Å². The standard InChI is InChI=1S/C9H13BrO/c1-5(11)8-6-2-3-7(4-6)9(8)10/h6-9H,2-4H2,1H3. The summed E-state index contributed by atoms with van der Waals surface area (Å²) in [6.07, 6.45) is 3.92. The molecule has 0 radical (unpaired) electrons. The molecule has 2 saturated carbocycles. The molecular weight excluding hydrogens is 204 g/mol. The fourth-order valence-corrected chi connectivity index (χ4v) is 4.06. The van der Waals surface area contributed by atoms with Gasteiger partial charge in [-0.3, -0.25) is 4.79 Å². The molecule has 0 heterocycles. The van der Waals surface area contributed by atoms with E-state index in [1.165, 1.54) is 19.3 Å². The summed E-state index contributed by atoms with van der Waals surface area (Å²) in [6, 6.07) is 0. The van der Waals surface area contributed by atoms with Crippen LogP contribution in [0.25, 0.3) is 0 Å². The second-order valence-corrected chi connectivity index (χ2v) is 4.97. The minimum absolute atomic E-state index is 0.341. The van der Waals surface area contributed by atoms with Gasteiger partial charge in [-0.1, -0.05) is 15.9 Å². The van der Waals surface area contributed by atoms with E-state index in [1.807, 2.05) is 0 Å². The molecule has 4 unspecified atom stereocenters. The maximum absolute atomic E-state index is 11.2.